The number of carbonyl (C=O) groups excluding carboxylic acids is 1. The molecule has 1 spiro atoms. The summed E-state index contributed by atoms with van der Waals surface area (Å²) in [5, 5.41) is 0. The van der Waals surface area contributed by atoms with Gasteiger partial charge in [0.1, 0.15) is 11.2 Å². The van der Waals surface area contributed by atoms with Crippen molar-refractivity contribution in [2.45, 2.75) is 37.3 Å². The minimum Gasteiger partial charge on any atom is -0.450 e. The third-order valence-electron chi connectivity index (χ3n) is 7.23. The fourth-order valence-electron chi connectivity index (χ4n) is 5.97. The third-order valence-corrected chi connectivity index (χ3v) is 7.23. The van der Waals surface area contributed by atoms with Crippen LogP contribution >= 0.6 is 0 Å². The molecule has 28 heavy (non-hydrogen) atoms. The van der Waals surface area contributed by atoms with Crippen LogP contribution in [0.4, 0.5) is 4.39 Å². The highest BCUT2D eigenvalue weighted by Gasteiger charge is 2.70. The highest BCUT2D eigenvalue weighted by molar-refractivity contribution is 6.04. The number of allylic oxidation sites excluding steroid dienone is 5. The molecule has 1 aromatic rings. The Morgan fingerprint density at radius 1 is 1.18 bits per heavy atom. The van der Waals surface area contributed by atoms with Crippen molar-refractivity contribution in [2.24, 2.45) is 5.41 Å². The minimum absolute atomic E-state index is 0.207. The maximum Gasteiger partial charge on any atom is 0.325 e. The van der Waals surface area contributed by atoms with Gasteiger partial charge in [-0.2, -0.15) is 0 Å². The van der Waals surface area contributed by atoms with Gasteiger partial charge >= 0.3 is 5.97 Å². The first kappa shape index (κ1) is 16.5. The Balaban J connectivity index is 1.55. The first-order chi connectivity index (χ1) is 13.6. The summed E-state index contributed by atoms with van der Waals surface area (Å²) in [6.45, 7) is 1.77. The second-order valence-electron chi connectivity index (χ2n) is 8.51. The summed E-state index contributed by atoms with van der Waals surface area (Å²) >= 11 is 0. The molecular weight excluding hydrogens is 353 g/mol. The normalized spacial score (nSPS) is 35.8. The lowest BCUT2D eigenvalue weighted by Crippen LogP contribution is -2.71. The topological polar surface area (TPSA) is 29.5 Å². The van der Waals surface area contributed by atoms with Gasteiger partial charge in [-0.25, -0.2) is 4.39 Å². The lowest BCUT2D eigenvalue weighted by molar-refractivity contribution is -0.180. The number of nitrogens with zero attached hydrogens (tertiary/aromatic N) is 1. The molecule has 0 amide bonds. The van der Waals surface area contributed by atoms with Crippen LogP contribution in [0.1, 0.15) is 30.4 Å². The lowest BCUT2D eigenvalue weighted by Gasteiger charge is -2.57. The van der Waals surface area contributed by atoms with Crippen LogP contribution in [-0.2, 0) is 16.0 Å². The predicted octanol–water partition coefficient (Wildman–Crippen LogP) is 4.13. The average molecular weight is 375 g/mol. The van der Waals surface area contributed by atoms with Gasteiger partial charge in [0.15, 0.2) is 5.60 Å². The molecule has 6 rings (SSSR count). The van der Waals surface area contributed by atoms with E-state index in [0.29, 0.717) is 0 Å². The summed E-state index contributed by atoms with van der Waals surface area (Å²) in [4.78, 5) is 16.0. The van der Waals surface area contributed by atoms with E-state index in [2.05, 4.69) is 23.1 Å². The van der Waals surface area contributed by atoms with E-state index in [1.807, 2.05) is 18.2 Å². The van der Waals surface area contributed by atoms with Crippen molar-refractivity contribution in [1.82, 2.24) is 4.90 Å². The molecule has 3 fully saturated rings. The average Bonchev–Trinajstić information content (AvgIpc) is 3.17. The summed E-state index contributed by atoms with van der Waals surface area (Å²) in [6.07, 6.45) is 12.8. The molecule has 3 nitrogen and oxygen atoms in total. The summed E-state index contributed by atoms with van der Waals surface area (Å²) in [5.74, 6) is -0.581. The van der Waals surface area contributed by atoms with Crippen molar-refractivity contribution in [3.63, 3.8) is 0 Å². The molecular formula is C24H22FNO2. The molecule has 0 N–H and O–H groups in total. The van der Waals surface area contributed by atoms with Gasteiger partial charge < -0.3 is 4.74 Å². The molecule has 0 radical (unpaired) electrons. The van der Waals surface area contributed by atoms with E-state index in [4.69, 9.17) is 4.74 Å². The second kappa shape index (κ2) is 5.54. The quantitative estimate of drug-likeness (QED) is 0.692. The van der Waals surface area contributed by atoms with E-state index >= 15 is 0 Å². The van der Waals surface area contributed by atoms with Gasteiger partial charge in [0.2, 0.25) is 0 Å². The van der Waals surface area contributed by atoms with Gasteiger partial charge in [-0.05, 0) is 54.7 Å². The van der Waals surface area contributed by atoms with Crippen LogP contribution in [-0.4, -0.2) is 35.6 Å². The molecule has 3 saturated heterocycles. The van der Waals surface area contributed by atoms with Crippen molar-refractivity contribution >= 4 is 11.5 Å². The van der Waals surface area contributed by atoms with E-state index in [1.165, 1.54) is 24.1 Å². The van der Waals surface area contributed by atoms with E-state index in [1.54, 1.807) is 6.08 Å². The Morgan fingerprint density at radius 3 is 2.96 bits per heavy atom. The first-order valence-corrected chi connectivity index (χ1v) is 10.2. The van der Waals surface area contributed by atoms with Crippen LogP contribution < -0.4 is 0 Å². The van der Waals surface area contributed by atoms with Crippen molar-refractivity contribution in [1.29, 1.82) is 0 Å². The van der Waals surface area contributed by atoms with Gasteiger partial charge in [0, 0.05) is 12.1 Å². The Bertz CT molecular complexity index is 1020. The summed E-state index contributed by atoms with van der Waals surface area (Å²) in [6, 6.07) is 8.39. The first-order valence-electron chi connectivity index (χ1n) is 10.2. The number of fused-ring (bicyclic) bond motifs is 5. The highest BCUT2D eigenvalue weighted by atomic mass is 19.1. The Kier molecular flexibility index (Phi) is 3.26. The molecule has 1 aromatic carbocycles. The highest BCUT2D eigenvalue weighted by Crippen LogP contribution is 2.61. The van der Waals surface area contributed by atoms with Gasteiger partial charge in [-0.3, -0.25) is 9.69 Å². The zero-order valence-corrected chi connectivity index (χ0v) is 15.7. The fourth-order valence-corrected chi connectivity index (χ4v) is 5.97. The van der Waals surface area contributed by atoms with Crippen LogP contribution in [0.2, 0.25) is 0 Å². The standard InChI is InChI=1S/C24H22FNO2/c25-17-9-11-20-23(13-12-17,19-10-8-16-5-1-2-6-18(16)19)22(27)28-24(20)15-26-14-4-3-7-21(24)26/h1-2,5-6,9-13,21H,3-4,7-8,14-15H2/t21-,23-,24+/m0/s1. The molecule has 0 unspecified atom stereocenters. The van der Waals surface area contributed by atoms with Crippen LogP contribution in [0.3, 0.4) is 0 Å². The Hall–Kier alpha value is -2.46. The smallest absolute Gasteiger partial charge is 0.325 e. The van der Waals surface area contributed by atoms with E-state index in [-0.39, 0.29) is 17.8 Å². The molecule has 3 aliphatic heterocycles. The monoisotopic (exact) mass is 375 g/mol. The lowest BCUT2D eigenvalue weighted by atomic mass is 9.63. The Morgan fingerprint density at radius 2 is 2.07 bits per heavy atom. The van der Waals surface area contributed by atoms with Crippen molar-refractivity contribution < 1.29 is 13.9 Å². The minimum atomic E-state index is -1.03. The van der Waals surface area contributed by atoms with Crippen molar-refractivity contribution in [2.75, 3.05) is 13.1 Å². The van der Waals surface area contributed by atoms with Crippen LogP contribution in [0.5, 0.6) is 0 Å². The maximum absolute atomic E-state index is 14.3. The number of rotatable bonds is 1. The fraction of sp³-hybridized carbons (Fsp3) is 0.375. The van der Waals surface area contributed by atoms with E-state index < -0.39 is 11.0 Å². The van der Waals surface area contributed by atoms with E-state index in [9.17, 15) is 9.18 Å². The summed E-state index contributed by atoms with van der Waals surface area (Å²) in [7, 11) is 0. The number of piperidine rings is 1. The van der Waals surface area contributed by atoms with Gasteiger partial charge in [-0.15, -0.1) is 0 Å². The van der Waals surface area contributed by atoms with Crippen LogP contribution in [0.25, 0.3) is 5.57 Å². The molecule has 0 bridgehead atoms. The molecule has 3 atom stereocenters. The third kappa shape index (κ3) is 1.89. The summed E-state index contributed by atoms with van der Waals surface area (Å²) < 4.78 is 20.5. The number of esters is 1. The molecule has 142 valence electrons. The van der Waals surface area contributed by atoms with Crippen molar-refractivity contribution in [3.05, 3.63) is 77.2 Å². The number of hydrogen-bond acceptors (Lipinski definition) is 3. The Labute approximate surface area is 163 Å². The molecule has 2 aliphatic carbocycles. The molecule has 4 heteroatoms. The zero-order valence-electron chi connectivity index (χ0n) is 15.7. The van der Waals surface area contributed by atoms with Gasteiger partial charge in [-0.1, -0.05) is 48.9 Å². The largest absolute Gasteiger partial charge is 0.450 e. The number of carbonyl (C=O) groups is 1. The molecule has 0 saturated carbocycles. The number of halogens is 1. The van der Waals surface area contributed by atoms with Crippen LogP contribution in [0, 0.1) is 5.41 Å². The van der Waals surface area contributed by atoms with Gasteiger partial charge in [0.05, 0.1) is 6.04 Å². The predicted molar refractivity (Wildman–Crippen MR) is 105 cm³/mol. The SMILES string of the molecule is O=C1O[C@]2(CN3CCCC[C@H]32)C2=CC=C(F)C=C[C@@]12C1=CCc2ccccc21. The molecule has 0 aromatic heterocycles. The van der Waals surface area contributed by atoms with Crippen molar-refractivity contribution in [3.8, 4) is 0 Å². The van der Waals surface area contributed by atoms with Crippen LogP contribution in [0.15, 0.2) is 66.0 Å². The van der Waals surface area contributed by atoms with Gasteiger partial charge in [0.25, 0.3) is 0 Å². The zero-order chi connectivity index (χ0) is 18.9. The number of hydrogen-bond donors (Lipinski definition) is 0. The van der Waals surface area contributed by atoms with E-state index in [0.717, 1.165) is 49.1 Å². The summed E-state index contributed by atoms with van der Waals surface area (Å²) in [5.41, 5.74) is 2.50. The molecule has 5 aliphatic rings. The number of ether oxygens (including phenoxy) is 1. The number of benzene rings is 1. The second-order valence-corrected chi connectivity index (χ2v) is 8.51. The maximum atomic E-state index is 14.3. The molecule has 3 heterocycles.